The smallest absolute Gasteiger partial charge is 0.419 e. The van der Waals surface area contributed by atoms with Crippen molar-refractivity contribution in [3.63, 3.8) is 0 Å². The van der Waals surface area contributed by atoms with Gasteiger partial charge in [0.2, 0.25) is 6.29 Å². The van der Waals surface area contributed by atoms with Crippen LogP contribution in [0.1, 0.15) is 33.1 Å². The Morgan fingerprint density at radius 2 is 2.18 bits per heavy atom. The number of ether oxygens (including phenoxy) is 2. The predicted molar refractivity (Wildman–Crippen MR) is 41.7 cm³/mol. The molecule has 0 amide bonds. The molecule has 0 N–H and O–H groups in total. The van der Waals surface area contributed by atoms with E-state index < -0.39 is 6.29 Å². The molecule has 0 aromatic heterocycles. The molecule has 0 aliphatic rings. The number of hydrogen-bond acceptors (Lipinski definition) is 3. The SMILES string of the molecule is CCCCCOC(C)O[C]=O. The molecule has 0 aromatic carbocycles. The lowest BCUT2D eigenvalue weighted by atomic mass is 10.3. The van der Waals surface area contributed by atoms with E-state index in [0.717, 1.165) is 12.8 Å². The Labute approximate surface area is 67.7 Å². The molecule has 1 radical (unpaired) electrons. The van der Waals surface area contributed by atoms with Gasteiger partial charge in [0.1, 0.15) is 0 Å². The molecule has 0 aromatic rings. The summed E-state index contributed by atoms with van der Waals surface area (Å²) >= 11 is 0. The Morgan fingerprint density at radius 1 is 1.45 bits per heavy atom. The van der Waals surface area contributed by atoms with Crippen LogP contribution in [0.4, 0.5) is 0 Å². The van der Waals surface area contributed by atoms with Crippen LogP contribution in [0.3, 0.4) is 0 Å². The van der Waals surface area contributed by atoms with Gasteiger partial charge in [0.15, 0.2) is 0 Å². The summed E-state index contributed by atoms with van der Waals surface area (Å²) in [7, 11) is 0. The third-order valence-corrected chi connectivity index (χ3v) is 1.31. The summed E-state index contributed by atoms with van der Waals surface area (Å²) in [5.41, 5.74) is 0. The molecule has 1 atom stereocenters. The fourth-order valence-corrected chi connectivity index (χ4v) is 0.703. The summed E-state index contributed by atoms with van der Waals surface area (Å²) in [5, 5.41) is 0. The first kappa shape index (κ1) is 10.4. The van der Waals surface area contributed by atoms with Crippen LogP contribution in [-0.4, -0.2) is 19.4 Å². The summed E-state index contributed by atoms with van der Waals surface area (Å²) in [6.45, 7) is 5.78. The van der Waals surface area contributed by atoms with Gasteiger partial charge < -0.3 is 9.47 Å². The van der Waals surface area contributed by atoms with Crippen LogP contribution in [0.25, 0.3) is 0 Å². The Bertz CT molecular complexity index is 93.3. The van der Waals surface area contributed by atoms with Crippen LogP contribution in [-0.2, 0) is 14.3 Å². The molecule has 1 unspecified atom stereocenters. The topological polar surface area (TPSA) is 35.5 Å². The highest BCUT2D eigenvalue weighted by molar-refractivity contribution is 5.38. The molecule has 3 heteroatoms. The van der Waals surface area contributed by atoms with Crippen LogP contribution >= 0.6 is 0 Å². The van der Waals surface area contributed by atoms with Gasteiger partial charge in [-0.3, -0.25) is 0 Å². The van der Waals surface area contributed by atoms with Gasteiger partial charge in [-0.2, -0.15) is 0 Å². The molecule has 0 bridgehead atoms. The summed E-state index contributed by atoms with van der Waals surface area (Å²) < 4.78 is 9.49. The van der Waals surface area contributed by atoms with Crippen molar-refractivity contribution in [2.24, 2.45) is 0 Å². The van der Waals surface area contributed by atoms with Crippen molar-refractivity contribution in [3.8, 4) is 0 Å². The highest BCUT2D eigenvalue weighted by atomic mass is 16.7. The van der Waals surface area contributed by atoms with Crippen molar-refractivity contribution >= 4 is 6.47 Å². The Balaban J connectivity index is 3.03. The molecular weight excluding hydrogens is 144 g/mol. The van der Waals surface area contributed by atoms with Gasteiger partial charge in [0.25, 0.3) is 0 Å². The molecule has 0 saturated carbocycles. The standard InChI is InChI=1S/C8H15O3/c1-3-4-5-6-10-8(2)11-7-9/h8H,3-6H2,1-2H3. The van der Waals surface area contributed by atoms with E-state index in [1.165, 1.54) is 12.9 Å². The fourth-order valence-electron chi connectivity index (χ4n) is 0.703. The normalized spacial score (nSPS) is 12.5. The maximum atomic E-state index is 9.68. The van der Waals surface area contributed by atoms with Crippen LogP contribution in [0.5, 0.6) is 0 Å². The van der Waals surface area contributed by atoms with Gasteiger partial charge in [-0.15, -0.1) is 0 Å². The van der Waals surface area contributed by atoms with Crippen molar-refractivity contribution in [2.75, 3.05) is 6.61 Å². The molecule has 0 spiro atoms. The van der Waals surface area contributed by atoms with E-state index in [1.54, 1.807) is 6.92 Å². The molecule has 3 nitrogen and oxygen atoms in total. The van der Waals surface area contributed by atoms with E-state index in [4.69, 9.17) is 4.74 Å². The molecule has 0 saturated heterocycles. The van der Waals surface area contributed by atoms with Crippen LogP contribution < -0.4 is 0 Å². The van der Waals surface area contributed by atoms with Gasteiger partial charge in [-0.05, 0) is 13.3 Å². The summed E-state index contributed by atoms with van der Waals surface area (Å²) in [6.07, 6.45) is 2.88. The lowest BCUT2D eigenvalue weighted by Crippen LogP contribution is -2.12. The second-order valence-corrected chi connectivity index (χ2v) is 2.35. The highest BCUT2D eigenvalue weighted by Crippen LogP contribution is 1.97. The second-order valence-electron chi connectivity index (χ2n) is 2.35. The molecular formula is C8H15O3. The summed E-state index contributed by atoms with van der Waals surface area (Å²) in [6, 6.07) is 0. The van der Waals surface area contributed by atoms with Crippen molar-refractivity contribution in [2.45, 2.75) is 39.4 Å². The summed E-state index contributed by atoms with van der Waals surface area (Å²) in [5.74, 6) is 0. The minimum atomic E-state index is -0.454. The van der Waals surface area contributed by atoms with E-state index in [2.05, 4.69) is 11.7 Å². The van der Waals surface area contributed by atoms with Crippen molar-refractivity contribution in [1.82, 2.24) is 0 Å². The van der Waals surface area contributed by atoms with E-state index in [-0.39, 0.29) is 0 Å². The lowest BCUT2D eigenvalue weighted by molar-refractivity contribution is -0.0766. The predicted octanol–water partition coefficient (Wildman–Crippen LogP) is 1.62. The van der Waals surface area contributed by atoms with Crippen LogP contribution in [0, 0.1) is 0 Å². The Morgan fingerprint density at radius 3 is 2.73 bits per heavy atom. The maximum Gasteiger partial charge on any atom is 0.419 e. The molecule has 0 fully saturated rings. The van der Waals surface area contributed by atoms with E-state index >= 15 is 0 Å². The van der Waals surface area contributed by atoms with Gasteiger partial charge in [-0.25, -0.2) is 4.79 Å². The number of hydrogen-bond donors (Lipinski definition) is 0. The molecule has 0 aliphatic heterocycles. The largest absolute Gasteiger partial charge is 0.428 e. The average molecular weight is 159 g/mol. The zero-order valence-electron chi connectivity index (χ0n) is 7.13. The zero-order valence-corrected chi connectivity index (χ0v) is 7.13. The first-order chi connectivity index (χ1) is 5.31. The Kier molecular flexibility index (Phi) is 7.15. The van der Waals surface area contributed by atoms with Gasteiger partial charge in [0, 0.05) is 0 Å². The lowest BCUT2D eigenvalue weighted by Gasteiger charge is -2.08. The molecule has 0 aliphatic carbocycles. The fraction of sp³-hybridized carbons (Fsp3) is 0.875. The summed E-state index contributed by atoms with van der Waals surface area (Å²) in [4.78, 5) is 9.68. The van der Waals surface area contributed by atoms with Gasteiger partial charge >= 0.3 is 6.47 Å². The maximum absolute atomic E-state index is 9.68. The number of rotatable bonds is 7. The third kappa shape index (κ3) is 7.33. The quantitative estimate of drug-likeness (QED) is 0.418. The number of carbonyl (C=O) groups excluding carboxylic acids is 1. The van der Waals surface area contributed by atoms with Gasteiger partial charge in [0.05, 0.1) is 6.61 Å². The monoisotopic (exact) mass is 159 g/mol. The minimum Gasteiger partial charge on any atom is -0.428 e. The van der Waals surface area contributed by atoms with Gasteiger partial charge in [-0.1, -0.05) is 19.8 Å². The number of unbranched alkanes of at least 4 members (excludes halogenated alkanes) is 2. The first-order valence-corrected chi connectivity index (χ1v) is 3.95. The van der Waals surface area contributed by atoms with E-state index in [0.29, 0.717) is 6.61 Å². The molecule has 65 valence electrons. The minimum absolute atomic E-state index is 0.454. The molecule has 0 heterocycles. The van der Waals surface area contributed by atoms with Crippen molar-refractivity contribution in [1.29, 1.82) is 0 Å². The van der Waals surface area contributed by atoms with Crippen LogP contribution in [0.15, 0.2) is 0 Å². The van der Waals surface area contributed by atoms with E-state index in [1.807, 2.05) is 0 Å². The van der Waals surface area contributed by atoms with Crippen LogP contribution in [0.2, 0.25) is 0 Å². The van der Waals surface area contributed by atoms with Crippen molar-refractivity contribution in [3.05, 3.63) is 0 Å². The highest BCUT2D eigenvalue weighted by Gasteiger charge is 1.99. The molecule has 11 heavy (non-hydrogen) atoms. The Hall–Kier alpha value is -0.570. The van der Waals surface area contributed by atoms with Crippen molar-refractivity contribution < 1.29 is 14.3 Å². The first-order valence-electron chi connectivity index (χ1n) is 3.95. The van der Waals surface area contributed by atoms with E-state index in [9.17, 15) is 4.79 Å². The second kappa shape index (κ2) is 7.54. The third-order valence-electron chi connectivity index (χ3n) is 1.31. The zero-order chi connectivity index (χ0) is 8.53. The molecule has 0 rings (SSSR count). The average Bonchev–Trinajstić information content (AvgIpc) is 1.99.